The topological polar surface area (TPSA) is 112 Å². The Labute approximate surface area is 202 Å². The van der Waals surface area contributed by atoms with E-state index in [4.69, 9.17) is 10.5 Å². The van der Waals surface area contributed by atoms with Gasteiger partial charge in [0.25, 0.3) is 0 Å². The Morgan fingerprint density at radius 1 is 1.23 bits per heavy atom. The molecule has 1 aromatic rings. The van der Waals surface area contributed by atoms with Gasteiger partial charge in [0.15, 0.2) is 0 Å². The van der Waals surface area contributed by atoms with Gasteiger partial charge in [-0.2, -0.15) is 0 Å². The fourth-order valence-corrected chi connectivity index (χ4v) is 2.87. The standard InChI is InChI=1S/C25H30F3N3O4/c1-6-19(24(33)34)10-7-15(2)16(3)31-23(32)22(17(4)30-5)14-20(29)13-18-8-11-21(12-9-18)35-25(26,27)28/h6-12,16,29-30H,2,13-14H2,1,3-5H3,(H,31,32)(H,33,34)/b10-7-,19-6+,22-17+,29-20?. The number of hydrogen-bond acceptors (Lipinski definition) is 5. The van der Waals surface area contributed by atoms with Crippen LogP contribution in [0.15, 0.2) is 71.5 Å². The summed E-state index contributed by atoms with van der Waals surface area (Å²) < 4.78 is 40.8. The molecule has 190 valence electrons. The number of carboxylic acids is 1. The Morgan fingerprint density at radius 3 is 2.31 bits per heavy atom. The van der Waals surface area contributed by atoms with Crippen LogP contribution in [0.1, 0.15) is 32.8 Å². The smallest absolute Gasteiger partial charge is 0.478 e. The monoisotopic (exact) mass is 493 g/mol. The number of halogens is 3. The molecule has 0 heterocycles. The van der Waals surface area contributed by atoms with Crippen LogP contribution in [0.3, 0.4) is 0 Å². The highest BCUT2D eigenvalue weighted by molar-refractivity contribution is 6.01. The number of rotatable bonds is 12. The normalized spacial score (nSPS) is 13.6. The maximum absolute atomic E-state index is 12.9. The van der Waals surface area contributed by atoms with Gasteiger partial charge in [-0.05, 0) is 50.1 Å². The van der Waals surface area contributed by atoms with E-state index in [1.165, 1.54) is 42.5 Å². The van der Waals surface area contributed by atoms with Crippen LogP contribution >= 0.6 is 0 Å². The van der Waals surface area contributed by atoms with Crippen LogP contribution in [-0.4, -0.2) is 42.1 Å². The van der Waals surface area contributed by atoms with Gasteiger partial charge in [0.1, 0.15) is 5.75 Å². The summed E-state index contributed by atoms with van der Waals surface area (Å²) in [4.78, 5) is 24.0. The molecule has 4 N–H and O–H groups in total. The fraction of sp³-hybridized carbons (Fsp3) is 0.320. The highest BCUT2D eigenvalue weighted by atomic mass is 19.4. The van der Waals surface area contributed by atoms with Crippen LogP contribution in [0.25, 0.3) is 0 Å². The molecule has 0 spiro atoms. The molecule has 0 fully saturated rings. The van der Waals surface area contributed by atoms with E-state index < -0.39 is 24.3 Å². The Bertz CT molecular complexity index is 1040. The van der Waals surface area contributed by atoms with Crippen molar-refractivity contribution in [2.75, 3.05) is 7.05 Å². The van der Waals surface area contributed by atoms with Gasteiger partial charge < -0.3 is 25.9 Å². The van der Waals surface area contributed by atoms with E-state index in [0.29, 0.717) is 22.4 Å². The molecule has 35 heavy (non-hydrogen) atoms. The number of benzene rings is 1. The lowest BCUT2D eigenvalue weighted by molar-refractivity contribution is -0.274. The van der Waals surface area contributed by atoms with Crippen LogP contribution in [0.4, 0.5) is 13.2 Å². The largest absolute Gasteiger partial charge is 0.573 e. The lowest BCUT2D eigenvalue weighted by Gasteiger charge is -2.18. The minimum atomic E-state index is -4.78. The molecule has 10 heteroatoms. The summed E-state index contributed by atoms with van der Waals surface area (Å²) in [6.07, 6.45) is -0.298. The highest BCUT2D eigenvalue weighted by Gasteiger charge is 2.31. The molecular formula is C25H30F3N3O4. The first-order valence-corrected chi connectivity index (χ1v) is 10.6. The van der Waals surface area contributed by atoms with E-state index in [0.717, 1.165) is 0 Å². The van der Waals surface area contributed by atoms with Gasteiger partial charge in [-0.25, -0.2) is 4.79 Å². The van der Waals surface area contributed by atoms with Gasteiger partial charge >= 0.3 is 12.3 Å². The van der Waals surface area contributed by atoms with Gasteiger partial charge in [0, 0.05) is 36.9 Å². The summed E-state index contributed by atoms with van der Waals surface area (Å²) in [5.74, 6) is -1.86. The second kappa shape index (κ2) is 13.2. The van der Waals surface area contributed by atoms with Crippen molar-refractivity contribution in [3.63, 3.8) is 0 Å². The van der Waals surface area contributed by atoms with Crippen molar-refractivity contribution in [1.29, 1.82) is 5.41 Å². The predicted octanol–water partition coefficient (Wildman–Crippen LogP) is 4.68. The molecule has 0 aliphatic heterocycles. The lowest BCUT2D eigenvalue weighted by Crippen LogP contribution is -2.36. The molecule has 1 amide bonds. The number of aliphatic carboxylic acids is 1. The first kappa shape index (κ1) is 29.2. The molecular weight excluding hydrogens is 463 g/mol. The Balaban J connectivity index is 2.85. The third-order valence-electron chi connectivity index (χ3n) is 5.01. The zero-order valence-electron chi connectivity index (χ0n) is 20.0. The van der Waals surface area contributed by atoms with Crippen molar-refractivity contribution < 1.29 is 32.6 Å². The van der Waals surface area contributed by atoms with Crippen molar-refractivity contribution in [2.24, 2.45) is 0 Å². The van der Waals surface area contributed by atoms with E-state index in [1.807, 2.05) is 0 Å². The van der Waals surface area contributed by atoms with Crippen molar-refractivity contribution in [3.8, 4) is 5.75 Å². The van der Waals surface area contributed by atoms with Gasteiger partial charge in [-0.15, -0.1) is 13.2 Å². The second-order valence-corrected chi connectivity index (χ2v) is 7.65. The maximum Gasteiger partial charge on any atom is 0.573 e. The van der Waals surface area contributed by atoms with Crippen LogP contribution in [0, 0.1) is 5.41 Å². The second-order valence-electron chi connectivity index (χ2n) is 7.65. The van der Waals surface area contributed by atoms with E-state index in [-0.39, 0.29) is 29.9 Å². The quantitative estimate of drug-likeness (QED) is 0.192. The molecule has 0 bridgehead atoms. The summed E-state index contributed by atoms with van der Waals surface area (Å²) in [5.41, 5.74) is 2.21. The summed E-state index contributed by atoms with van der Waals surface area (Å²) >= 11 is 0. The number of nitrogens with one attached hydrogen (secondary N) is 3. The number of hydrogen-bond donors (Lipinski definition) is 4. The number of carbonyl (C=O) groups excluding carboxylic acids is 1. The fourth-order valence-electron chi connectivity index (χ4n) is 2.87. The first-order valence-electron chi connectivity index (χ1n) is 10.6. The average molecular weight is 494 g/mol. The number of carbonyl (C=O) groups is 2. The molecule has 7 nitrogen and oxygen atoms in total. The molecule has 1 aromatic carbocycles. The van der Waals surface area contributed by atoms with Crippen molar-refractivity contribution in [1.82, 2.24) is 10.6 Å². The maximum atomic E-state index is 12.9. The third kappa shape index (κ3) is 10.3. The van der Waals surface area contributed by atoms with E-state index in [2.05, 4.69) is 21.9 Å². The first-order chi connectivity index (χ1) is 16.3. The SMILES string of the molecule is C=C(/C=C\C(=C/C)C(=O)O)C(C)NC(=O)/C(CC(=N)Cc1ccc(OC(F)(F)F)cc1)=C(\C)NC. The van der Waals surface area contributed by atoms with E-state index in [1.54, 1.807) is 27.8 Å². The minimum Gasteiger partial charge on any atom is -0.478 e. The molecule has 0 saturated heterocycles. The molecule has 1 rings (SSSR count). The lowest BCUT2D eigenvalue weighted by atomic mass is 9.99. The van der Waals surface area contributed by atoms with Gasteiger partial charge in [-0.1, -0.05) is 30.9 Å². The summed E-state index contributed by atoms with van der Waals surface area (Å²) in [6, 6.07) is 4.68. The van der Waals surface area contributed by atoms with Crippen LogP contribution in [0.5, 0.6) is 5.75 Å². The molecule has 0 radical (unpaired) electrons. The summed E-state index contributed by atoms with van der Waals surface area (Å²) in [7, 11) is 1.64. The molecule has 1 atom stereocenters. The van der Waals surface area contributed by atoms with Crippen LogP contribution in [0.2, 0.25) is 0 Å². The Morgan fingerprint density at radius 2 is 1.83 bits per heavy atom. The molecule has 0 aliphatic carbocycles. The van der Waals surface area contributed by atoms with Gasteiger partial charge in [0.05, 0.1) is 11.6 Å². The zero-order chi connectivity index (χ0) is 26.8. The van der Waals surface area contributed by atoms with E-state index >= 15 is 0 Å². The summed E-state index contributed by atoms with van der Waals surface area (Å²) in [6.45, 7) is 8.85. The molecule has 1 unspecified atom stereocenters. The number of ether oxygens (including phenoxy) is 1. The van der Waals surface area contributed by atoms with Crippen molar-refractivity contribution >= 4 is 17.6 Å². The Kier molecular flexibility index (Phi) is 11.0. The number of allylic oxidation sites excluding steroid dienone is 2. The van der Waals surface area contributed by atoms with Gasteiger partial charge in [-0.3, -0.25) is 4.79 Å². The number of alkyl halides is 3. The number of amides is 1. The van der Waals surface area contributed by atoms with Crippen LogP contribution < -0.4 is 15.4 Å². The highest BCUT2D eigenvalue weighted by Crippen LogP contribution is 2.23. The summed E-state index contributed by atoms with van der Waals surface area (Å²) in [5, 5.41) is 23.1. The van der Waals surface area contributed by atoms with E-state index in [9.17, 15) is 22.8 Å². The third-order valence-corrected chi connectivity index (χ3v) is 5.01. The number of carboxylic acid groups (broad SMARTS) is 1. The van der Waals surface area contributed by atoms with Gasteiger partial charge in [0.2, 0.25) is 5.91 Å². The molecule has 0 aromatic heterocycles. The minimum absolute atomic E-state index is 0.01000. The van der Waals surface area contributed by atoms with Crippen molar-refractivity contribution in [3.05, 3.63) is 77.1 Å². The molecule has 0 aliphatic rings. The average Bonchev–Trinajstić information content (AvgIpc) is 2.77. The predicted molar refractivity (Wildman–Crippen MR) is 128 cm³/mol. The van der Waals surface area contributed by atoms with Crippen LogP contribution in [-0.2, 0) is 16.0 Å². The molecule has 0 saturated carbocycles. The zero-order valence-corrected chi connectivity index (χ0v) is 20.0. The van der Waals surface area contributed by atoms with Crippen molar-refractivity contribution in [2.45, 2.75) is 46.0 Å². The Hall–Kier alpha value is -3.82.